The van der Waals surface area contributed by atoms with Crippen molar-refractivity contribution in [1.29, 1.82) is 0 Å². The van der Waals surface area contributed by atoms with Crippen LogP contribution in [-0.2, 0) is 0 Å². The van der Waals surface area contributed by atoms with Crippen molar-refractivity contribution in [3.63, 3.8) is 0 Å². The lowest BCUT2D eigenvalue weighted by Gasteiger charge is -2.12. The van der Waals surface area contributed by atoms with E-state index in [1.54, 1.807) is 18.2 Å². The van der Waals surface area contributed by atoms with Gasteiger partial charge in [-0.3, -0.25) is 0 Å². The highest BCUT2D eigenvalue weighted by Gasteiger charge is 2.15. The van der Waals surface area contributed by atoms with Crippen LogP contribution in [0.1, 0.15) is 5.56 Å². The number of benzene rings is 1. The van der Waals surface area contributed by atoms with E-state index in [0.29, 0.717) is 23.5 Å². The van der Waals surface area contributed by atoms with Crippen LogP contribution in [0.2, 0.25) is 0 Å². The molecule has 3 heteroatoms. The van der Waals surface area contributed by atoms with Crippen LogP contribution in [0.5, 0.6) is 5.75 Å². The number of hydrogen-bond acceptors (Lipinski definition) is 3. The predicted molar refractivity (Wildman–Crippen MR) is 57.0 cm³/mol. The summed E-state index contributed by atoms with van der Waals surface area (Å²) in [6, 6.07) is 7.37. The highest BCUT2D eigenvalue weighted by molar-refractivity contribution is 5.87. The highest BCUT2D eigenvalue weighted by Crippen LogP contribution is 2.29. The molecule has 0 bridgehead atoms. The maximum atomic E-state index is 11.6. The molecular formula is C12H8O3. The van der Waals surface area contributed by atoms with Crippen molar-refractivity contribution in [1.82, 2.24) is 0 Å². The molecule has 0 aliphatic carbocycles. The Morgan fingerprint density at radius 1 is 1.20 bits per heavy atom. The molecule has 74 valence electrons. The predicted octanol–water partition coefficient (Wildman–Crippen LogP) is 2.20. The van der Waals surface area contributed by atoms with E-state index in [9.17, 15) is 4.79 Å². The molecule has 0 spiro atoms. The average molecular weight is 200 g/mol. The zero-order valence-corrected chi connectivity index (χ0v) is 7.90. The van der Waals surface area contributed by atoms with Gasteiger partial charge in [-0.15, -0.1) is 0 Å². The first-order valence-corrected chi connectivity index (χ1v) is 4.71. The van der Waals surface area contributed by atoms with Crippen molar-refractivity contribution in [2.75, 3.05) is 6.61 Å². The first kappa shape index (κ1) is 8.29. The first-order chi connectivity index (χ1) is 7.36. The second-order valence-electron chi connectivity index (χ2n) is 3.34. The summed E-state index contributed by atoms with van der Waals surface area (Å²) in [5, 5.41) is 0.844. The fourth-order valence-corrected chi connectivity index (χ4v) is 1.73. The molecule has 2 aromatic rings. The lowest BCUT2D eigenvalue weighted by atomic mass is 10.1. The van der Waals surface area contributed by atoms with Gasteiger partial charge < -0.3 is 9.15 Å². The van der Waals surface area contributed by atoms with E-state index in [0.717, 1.165) is 5.39 Å². The quantitative estimate of drug-likeness (QED) is 0.612. The van der Waals surface area contributed by atoms with Crippen LogP contribution in [0.4, 0.5) is 0 Å². The third kappa shape index (κ3) is 1.16. The zero-order chi connectivity index (χ0) is 10.3. The van der Waals surface area contributed by atoms with Crippen LogP contribution in [0.3, 0.4) is 0 Å². The smallest absolute Gasteiger partial charge is 0.347 e. The van der Waals surface area contributed by atoms with Gasteiger partial charge in [0, 0.05) is 0 Å². The van der Waals surface area contributed by atoms with Gasteiger partial charge in [-0.25, -0.2) is 4.79 Å². The monoisotopic (exact) mass is 200 g/mol. The SMILES string of the molecule is O=c1oc2ccccc2c2c1C=CCO2. The summed E-state index contributed by atoms with van der Waals surface area (Å²) in [5.41, 5.74) is 0.719. The normalized spacial score (nSPS) is 13.6. The summed E-state index contributed by atoms with van der Waals surface area (Å²) in [6.45, 7) is 0.500. The highest BCUT2D eigenvalue weighted by atomic mass is 16.5. The van der Waals surface area contributed by atoms with Gasteiger partial charge in [0.05, 0.1) is 5.39 Å². The Morgan fingerprint density at radius 3 is 3.00 bits per heavy atom. The Balaban J connectivity index is 2.51. The standard InChI is InChI=1S/C12H8O3/c13-12-9-5-3-7-14-11(9)8-4-1-2-6-10(8)15-12/h1-6H,7H2. The van der Waals surface area contributed by atoms with E-state index in [1.807, 2.05) is 18.2 Å². The molecule has 3 nitrogen and oxygen atoms in total. The lowest BCUT2D eigenvalue weighted by molar-refractivity contribution is 0.358. The molecule has 0 fully saturated rings. The Morgan fingerprint density at radius 2 is 2.07 bits per heavy atom. The van der Waals surface area contributed by atoms with E-state index in [-0.39, 0.29) is 5.63 Å². The Hall–Kier alpha value is -2.03. The van der Waals surface area contributed by atoms with Gasteiger partial charge in [0.1, 0.15) is 23.5 Å². The number of para-hydroxylation sites is 1. The van der Waals surface area contributed by atoms with E-state index in [4.69, 9.17) is 9.15 Å². The van der Waals surface area contributed by atoms with Crippen molar-refractivity contribution >= 4 is 17.0 Å². The molecule has 1 aliphatic heterocycles. The Labute approximate surface area is 85.6 Å². The van der Waals surface area contributed by atoms with Gasteiger partial charge in [0.15, 0.2) is 0 Å². The summed E-state index contributed by atoms with van der Waals surface area (Å²) in [4.78, 5) is 11.6. The second kappa shape index (κ2) is 2.98. The minimum atomic E-state index is -0.348. The molecule has 0 saturated carbocycles. The number of rotatable bonds is 0. The molecule has 0 radical (unpaired) electrons. The summed E-state index contributed by atoms with van der Waals surface area (Å²) < 4.78 is 10.6. The van der Waals surface area contributed by atoms with Crippen molar-refractivity contribution < 1.29 is 9.15 Å². The van der Waals surface area contributed by atoms with Gasteiger partial charge in [-0.05, 0) is 24.3 Å². The summed E-state index contributed by atoms with van der Waals surface area (Å²) in [7, 11) is 0. The van der Waals surface area contributed by atoms with E-state index < -0.39 is 0 Å². The summed E-state index contributed by atoms with van der Waals surface area (Å²) in [5.74, 6) is 0.629. The Bertz CT molecular complexity index is 608. The molecule has 1 aliphatic rings. The molecule has 15 heavy (non-hydrogen) atoms. The van der Waals surface area contributed by atoms with Crippen molar-refractivity contribution in [2.45, 2.75) is 0 Å². The van der Waals surface area contributed by atoms with Gasteiger partial charge in [0.25, 0.3) is 0 Å². The first-order valence-electron chi connectivity index (χ1n) is 4.71. The van der Waals surface area contributed by atoms with Crippen LogP contribution in [0.25, 0.3) is 17.0 Å². The third-order valence-electron chi connectivity index (χ3n) is 2.41. The molecule has 2 heterocycles. The van der Waals surface area contributed by atoms with E-state index in [2.05, 4.69) is 0 Å². The minimum Gasteiger partial charge on any atom is -0.488 e. The van der Waals surface area contributed by atoms with Gasteiger partial charge in [-0.2, -0.15) is 0 Å². The van der Waals surface area contributed by atoms with Crippen LogP contribution < -0.4 is 10.4 Å². The van der Waals surface area contributed by atoms with Gasteiger partial charge >= 0.3 is 5.63 Å². The molecule has 3 rings (SSSR count). The topological polar surface area (TPSA) is 39.4 Å². The maximum absolute atomic E-state index is 11.6. The van der Waals surface area contributed by atoms with E-state index in [1.165, 1.54) is 0 Å². The van der Waals surface area contributed by atoms with Crippen LogP contribution in [0.15, 0.2) is 39.6 Å². The van der Waals surface area contributed by atoms with Crippen molar-refractivity contribution in [3.05, 3.63) is 46.3 Å². The summed E-state index contributed by atoms with van der Waals surface area (Å²) >= 11 is 0. The van der Waals surface area contributed by atoms with Crippen LogP contribution in [0, 0.1) is 0 Å². The van der Waals surface area contributed by atoms with E-state index >= 15 is 0 Å². The van der Waals surface area contributed by atoms with Crippen molar-refractivity contribution in [3.8, 4) is 5.75 Å². The zero-order valence-electron chi connectivity index (χ0n) is 7.90. The van der Waals surface area contributed by atoms with Gasteiger partial charge in [-0.1, -0.05) is 12.1 Å². The number of ether oxygens (including phenoxy) is 1. The molecule has 1 aromatic carbocycles. The minimum absolute atomic E-state index is 0.348. The largest absolute Gasteiger partial charge is 0.488 e. The lowest BCUT2D eigenvalue weighted by Crippen LogP contribution is -2.11. The molecule has 0 unspecified atom stereocenters. The summed E-state index contributed by atoms with van der Waals surface area (Å²) in [6.07, 6.45) is 3.55. The maximum Gasteiger partial charge on any atom is 0.347 e. The molecule has 0 atom stereocenters. The number of fused-ring (bicyclic) bond motifs is 3. The van der Waals surface area contributed by atoms with Gasteiger partial charge in [0.2, 0.25) is 0 Å². The molecule has 0 saturated heterocycles. The number of hydrogen-bond donors (Lipinski definition) is 0. The average Bonchev–Trinajstić information content (AvgIpc) is 2.30. The second-order valence-corrected chi connectivity index (χ2v) is 3.34. The van der Waals surface area contributed by atoms with Crippen LogP contribution in [-0.4, -0.2) is 6.61 Å². The Kier molecular flexibility index (Phi) is 1.65. The van der Waals surface area contributed by atoms with Crippen molar-refractivity contribution in [2.24, 2.45) is 0 Å². The fourth-order valence-electron chi connectivity index (χ4n) is 1.73. The molecular weight excluding hydrogens is 192 g/mol. The molecule has 1 aromatic heterocycles. The van der Waals surface area contributed by atoms with Crippen LogP contribution >= 0.6 is 0 Å². The molecule has 0 N–H and O–H groups in total. The fraction of sp³-hybridized carbons (Fsp3) is 0.0833. The third-order valence-corrected chi connectivity index (χ3v) is 2.41. The molecule has 0 amide bonds.